The van der Waals surface area contributed by atoms with Crippen LogP contribution in [0.5, 0.6) is 0 Å². The molecule has 0 aliphatic carbocycles. The Hall–Kier alpha value is -1.05. The van der Waals surface area contributed by atoms with E-state index in [4.69, 9.17) is 5.11 Å². The average Bonchev–Trinajstić information content (AvgIpc) is 2.38. The summed E-state index contributed by atoms with van der Waals surface area (Å²) in [5.41, 5.74) is 0.578. The Kier molecular flexibility index (Phi) is 7.21. The molecule has 5 nitrogen and oxygen atoms in total. The van der Waals surface area contributed by atoms with Gasteiger partial charge in [-0.05, 0) is 42.5 Å². The second-order valence-electron chi connectivity index (χ2n) is 4.72. The molecule has 0 fully saturated rings. The van der Waals surface area contributed by atoms with E-state index in [-0.39, 0.29) is 17.4 Å². The van der Waals surface area contributed by atoms with Crippen LogP contribution in [0.4, 0.5) is 0 Å². The van der Waals surface area contributed by atoms with Crippen LogP contribution < -0.4 is 4.72 Å². The maximum atomic E-state index is 12.2. The van der Waals surface area contributed by atoms with Gasteiger partial charge in [-0.15, -0.1) is 0 Å². The molecule has 0 aromatic heterocycles. The minimum atomic E-state index is -3.55. The molecule has 1 rings (SSSR count). The van der Waals surface area contributed by atoms with Crippen LogP contribution in [0.1, 0.15) is 25.8 Å². The number of nitrogens with one attached hydrogen (secondary N) is 1. The van der Waals surface area contributed by atoms with Gasteiger partial charge in [0.1, 0.15) is 0 Å². The molecule has 1 aromatic carbocycles. The predicted molar refractivity (Wildman–Crippen MR) is 85.2 cm³/mol. The van der Waals surface area contributed by atoms with Gasteiger partial charge in [0.2, 0.25) is 10.0 Å². The number of benzene rings is 1. The second-order valence-corrected chi connectivity index (χ2v) is 7.83. The van der Waals surface area contributed by atoms with E-state index in [2.05, 4.69) is 11.6 Å². The van der Waals surface area contributed by atoms with Crippen LogP contribution in [-0.2, 0) is 21.2 Å². The van der Waals surface area contributed by atoms with E-state index in [1.54, 1.807) is 11.8 Å². The molecule has 0 aliphatic heterocycles. The first-order chi connectivity index (χ1) is 9.85. The van der Waals surface area contributed by atoms with Gasteiger partial charge >= 0.3 is 5.97 Å². The first-order valence-electron chi connectivity index (χ1n) is 6.76. The SMILES string of the molecule is CCSCCC(C)NS(=O)(=O)c1ccc(CC(=O)O)cc1. The summed E-state index contributed by atoms with van der Waals surface area (Å²) >= 11 is 1.78. The lowest BCUT2D eigenvalue weighted by Gasteiger charge is -2.14. The van der Waals surface area contributed by atoms with E-state index >= 15 is 0 Å². The first kappa shape index (κ1) is 18.0. The summed E-state index contributed by atoms with van der Waals surface area (Å²) in [4.78, 5) is 10.7. The Labute approximate surface area is 130 Å². The highest BCUT2D eigenvalue weighted by Crippen LogP contribution is 2.13. The molecule has 21 heavy (non-hydrogen) atoms. The first-order valence-corrected chi connectivity index (χ1v) is 9.39. The topological polar surface area (TPSA) is 83.5 Å². The summed E-state index contributed by atoms with van der Waals surface area (Å²) in [6.07, 6.45) is 0.660. The number of hydrogen-bond acceptors (Lipinski definition) is 4. The third-order valence-electron chi connectivity index (χ3n) is 2.84. The zero-order valence-corrected chi connectivity index (χ0v) is 13.8. The van der Waals surface area contributed by atoms with Crippen LogP contribution in [0.15, 0.2) is 29.2 Å². The van der Waals surface area contributed by atoms with Crippen molar-refractivity contribution in [1.82, 2.24) is 4.72 Å². The summed E-state index contributed by atoms with van der Waals surface area (Å²) < 4.78 is 27.0. The normalized spacial score (nSPS) is 13.0. The van der Waals surface area contributed by atoms with Gasteiger partial charge in [0.25, 0.3) is 0 Å². The molecule has 0 spiro atoms. The Bertz CT molecular complexity index is 555. The summed E-state index contributed by atoms with van der Waals surface area (Å²) in [5.74, 6) is 0.994. The molecular weight excluding hydrogens is 310 g/mol. The maximum Gasteiger partial charge on any atom is 0.307 e. The van der Waals surface area contributed by atoms with Crippen molar-refractivity contribution in [2.75, 3.05) is 11.5 Å². The van der Waals surface area contributed by atoms with E-state index in [1.807, 2.05) is 6.92 Å². The monoisotopic (exact) mass is 331 g/mol. The van der Waals surface area contributed by atoms with Crippen molar-refractivity contribution in [1.29, 1.82) is 0 Å². The molecule has 0 saturated heterocycles. The van der Waals surface area contributed by atoms with E-state index in [1.165, 1.54) is 24.3 Å². The number of hydrogen-bond donors (Lipinski definition) is 2. The Morgan fingerprint density at radius 3 is 2.48 bits per heavy atom. The zero-order chi connectivity index (χ0) is 15.9. The Balaban J connectivity index is 2.67. The van der Waals surface area contributed by atoms with Crippen LogP contribution >= 0.6 is 11.8 Å². The van der Waals surface area contributed by atoms with Gasteiger partial charge in [-0.3, -0.25) is 4.79 Å². The highest BCUT2D eigenvalue weighted by molar-refractivity contribution is 7.99. The molecule has 7 heteroatoms. The van der Waals surface area contributed by atoms with E-state index in [9.17, 15) is 13.2 Å². The third-order valence-corrected chi connectivity index (χ3v) is 5.38. The standard InChI is InChI=1S/C14H21NO4S2/c1-3-20-9-8-11(2)15-21(18,19)13-6-4-12(5-7-13)10-14(16)17/h4-7,11,15H,3,8-10H2,1-2H3,(H,16,17). The number of carboxylic acid groups (broad SMARTS) is 1. The zero-order valence-electron chi connectivity index (χ0n) is 12.2. The molecule has 1 atom stereocenters. The number of aliphatic carboxylic acids is 1. The molecule has 118 valence electrons. The fourth-order valence-corrected chi connectivity index (χ4v) is 3.84. The van der Waals surface area contributed by atoms with Gasteiger partial charge in [-0.1, -0.05) is 19.1 Å². The van der Waals surface area contributed by atoms with Crippen molar-refractivity contribution < 1.29 is 18.3 Å². The molecule has 1 aromatic rings. The van der Waals surface area contributed by atoms with E-state index < -0.39 is 16.0 Å². The molecule has 1 unspecified atom stereocenters. The average molecular weight is 331 g/mol. The summed E-state index contributed by atoms with van der Waals surface area (Å²) in [6.45, 7) is 3.91. The molecule has 0 radical (unpaired) electrons. The predicted octanol–water partition coefficient (Wildman–Crippen LogP) is 2.12. The van der Waals surface area contributed by atoms with Gasteiger partial charge in [0, 0.05) is 6.04 Å². The molecule has 0 saturated carbocycles. The Morgan fingerprint density at radius 1 is 1.33 bits per heavy atom. The van der Waals surface area contributed by atoms with Crippen molar-refractivity contribution in [3.8, 4) is 0 Å². The fourth-order valence-electron chi connectivity index (χ4n) is 1.76. The van der Waals surface area contributed by atoms with Crippen LogP contribution in [0.25, 0.3) is 0 Å². The highest BCUT2D eigenvalue weighted by atomic mass is 32.2. The number of carboxylic acids is 1. The lowest BCUT2D eigenvalue weighted by molar-refractivity contribution is -0.136. The second kappa shape index (κ2) is 8.41. The molecule has 0 bridgehead atoms. The smallest absolute Gasteiger partial charge is 0.307 e. The van der Waals surface area contributed by atoms with Crippen molar-refractivity contribution in [3.63, 3.8) is 0 Å². The number of rotatable bonds is 9. The largest absolute Gasteiger partial charge is 0.481 e. The highest BCUT2D eigenvalue weighted by Gasteiger charge is 2.17. The van der Waals surface area contributed by atoms with Crippen LogP contribution in [0.2, 0.25) is 0 Å². The van der Waals surface area contributed by atoms with Gasteiger partial charge in [-0.25, -0.2) is 13.1 Å². The number of thioether (sulfide) groups is 1. The third kappa shape index (κ3) is 6.50. The summed E-state index contributed by atoms with van der Waals surface area (Å²) in [7, 11) is -3.55. The lowest BCUT2D eigenvalue weighted by atomic mass is 10.2. The molecule has 0 aliphatic rings. The number of sulfonamides is 1. The fraction of sp³-hybridized carbons (Fsp3) is 0.500. The quantitative estimate of drug-likeness (QED) is 0.677. The van der Waals surface area contributed by atoms with Gasteiger partial charge < -0.3 is 5.11 Å². The van der Waals surface area contributed by atoms with Crippen LogP contribution in [0, 0.1) is 0 Å². The minimum Gasteiger partial charge on any atom is -0.481 e. The lowest BCUT2D eigenvalue weighted by Crippen LogP contribution is -2.33. The summed E-state index contributed by atoms with van der Waals surface area (Å²) in [6, 6.07) is 5.80. The minimum absolute atomic E-state index is 0.113. The van der Waals surface area contributed by atoms with Crippen molar-refractivity contribution in [2.24, 2.45) is 0 Å². The molecular formula is C14H21NO4S2. The van der Waals surface area contributed by atoms with Gasteiger partial charge in [-0.2, -0.15) is 11.8 Å². The molecule has 0 heterocycles. The molecule has 0 amide bonds. The van der Waals surface area contributed by atoms with Gasteiger partial charge in [0.05, 0.1) is 11.3 Å². The van der Waals surface area contributed by atoms with Crippen molar-refractivity contribution in [2.45, 2.75) is 37.6 Å². The van der Waals surface area contributed by atoms with Crippen LogP contribution in [-0.4, -0.2) is 37.0 Å². The van der Waals surface area contributed by atoms with Crippen LogP contribution in [0.3, 0.4) is 0 Å². The Morgan fingerprint density at radius 2 is 1.95 bits per heavy atom. The number of carbonyl (C=O) groups is 1. The van der Waals surface area contributed by atoms with E-state index in [0.717, 1.165) is 17.9 Å². The van der Waals surface area contributed by atoms with Crippen molar-refractivity contribution >= 4 is 27.8 Å². The van der Waals surface area contributed by atoms with Crippen molar-refractivity contribution in [3.05, 3.63) is 29.8 Å². The van der Waals surface area contributed by atoms with Gasteiger partial charge in [0.15, 0.2) is 0 Å². The maximum absolute atomic E-state index is 12.2. The summed E-state index contributed by atoms with van der Waals surface area (Å²) in [5, 5.41) is 8.69. The molecule has 2 N–H and O–H groups in total. The van der Waals surface area contributed by atoms with E-state index in [0.29, 0.717) is 5.56 Å².